The Hall–Kier alpha value is -3.88. The van der Waals surface area contributed by atoms with Gasteiger partial charge in [0, 0.05) is 11.7 Å². The van der Waals surface area contributed by atoms with Crippen molar-refractivity contribution in [3.63, 3.8) is 0 Å². The molecule has 0 unspecified atom stereocenters. The number of amides is 3. The second-order valence-corrected chi connectivity index (χ2v) is 8.20. The Kier molecular flexibility index (Phi) is 8.24. The summed E-state index contributed by atoms with van der Waals surface area (Å²) in [5.41, 5.74) is 6.71. The van der Waals surface area contributed by atoms with Crippen molar-refractivity contribution in [1.29, 1.82) is 0 Å². The van der Waals surface area contributed by atoms with Gasteiger partial charge in [-0.25, -0.2) is 5.43 Å². The largest absolute Gasteiger partial charge is 0.490 e. The minimum Gasteiger partial charge on any atom is -0.490 e. The van der Waals surface area contributed by atoms with Crippen LogP contribution in [0.1, 0.15) is 42.0 Å². The Labute approximate surface area is 198 Å². The maximum atomic E-state index is 12.5. The Bertz CT molecular complexity index is 1090. The first-order valence-corrected chi connectivity index (χ1v) is 11.2. The molecule has 0 aliphatic heterocycles. The van der Waals surface area contributed by atoms with Crippen LogP contribution in [0.3, 0.4) is 0 Å². The van der Waals surface area contributed by atoms with Crippen LogP contribution >= 0.6 is 0 Å². The fourth-order valence-corrected chi connectivity index (χ4v) is 3.38. The van der Waals surface area contributed by atoms with Crippen molar-refractivity contribution in [1.82, 2.24) is 10.7 Å². The van der Waals surface area contributed by atoms with Crippen LogP contribution in [0.15, 0.2) is 35.4 Å². The molecule has 180 valence electrons. The molecule has 34 heavy (non-hydrogen) atoms. The summed E-state index contributed by atoms with van der Waals surface area (Å²) in [5, 5.41) is 9.31. The Morgan fingerprint density at radius 2 is 1.71 bits per heavy atom. The van der Waals surface area contributed by atoms with Crippen molar-refractivity contribution < 1.29 is 23.9 Å². The van der Waals surface area contributed by atoms with E-state index >= 15 is 0 Å². The molecule has 1 fully saturated rings. The predicted octanol–water partition coefficient (Wildman–Crippen LogP) is 2.76. The summed E-state index contributed by atoms with van der Waals surface area (Å²) in [5.74, 6) is -0.972. The highest BCUT2D eigenvalue weighted by Crippen LogP contribution is 2.28. The molecule has 0 saturated heterocycles. The molecule has 0 bridgehead atoms. The average Bonchev–Trinajstić information content (AvgIpc) is 3.59. The fourth-order valence-electron chi connectivity index (χ4n) is 3.38. The highest BCUT2D eigenvalue weighted by atomic mass is 16.5. The third kappa shape index (κ3) is 7.06. The molecule has 9 heteroatoms. The molecule has 3 amide bonds. The second kappa shape index (κ2) is 11.3. The number of hydrazone groups is 1. The van der Waals surface area contributed by atoms with Crippen LogP contribution in [0.25, 0.3) is 0 Å². The van der Waals surface area contributed by atoms with Crippen molar-refractivity contribution in [2.24, 2.45) is 5.10 Å². The number of ether oxygens (including phenoxy) is 2. The van der Waals surface area contributed by atoms with E-state index in [1.807, 2.05) is 39.8 Å². The fraction of sp³-hybridized carbons (Fsp3) is 0.360. The molecule has 3 N–H and O–H groups in total. The van der Waals surface area contributed by atoms with E-state index in [0.29, 0.717) is 23.7 Å². The molecule has 0 atom stereocenters. The maximum absolute atomic E-state index is 12.5. The van der Waals surface area contributed by atoms with Crippen molar-refractivity contribution in [3.8, 4) is 11.5 Å². The maximum Gasteiger partial charge on any atom is 0.329 e. The highest BCUT2D eigenvalue weighted by Gasteiger charge is 2.26. The number of nitrogens with one attached hydrogen (secondary N) is 3. The van der Waals surface area contributed by atoms with Gasteiger partial charge in [-0.15, -0.1) is 0 Å². The monoisotopic (exact) mass is 466 g/mol. The summed E-state index contributed by atoms with van der Waals surface area (Å²) in [6.07, 6.45) is 3.18. The summed E-state index contributed by atoms with van der Waals surface area (Å²) < 4.78 is 11.3. The zero-order valence-corrected chi connectivity index (χ0v) is 19.9. The molecule has 2 aromatic carbocycles. The Morgan fingerprint density at radius 1 is 1.00 bits per heavy atom. The Balaban J connectivity index is 1.58. The van der Waals surface area contributed by atoms with E-state index in [1.165, 1.54) is 6.21 Å². The number of benzene rings is 2. The van der Waals surface area contributed by atoms with Gasteiger partial charge in [-0.1, -0.05) is 17.7 Å². The van der Waals surface area contributed by atoms with Crippen molar-refractivity contribution in [2.45, 2.75) is 46.6 Å². The number of rotatable bonds is 9. The lowest BCUT2D eigenvalue weighted by Gasteiger charge is -2.15. The topological polar surface area (TPSA) is 118 Å². The molecule has 1 saturated carbocycles. The molecule has 9 nitrogen and oxygen atoms in total. The van der Waals surface area contributed by atoms with Crippen molar-refractivity contribution in [3.05, 3.63) is 52.6 Å². The van der Waals surface area contributed by atoms with E-state index in [4.69, 9.17) is 9.47 Å². The molecule has 0 heterocycles. The van der Waals surface area contributed by atoms with Gasteiger partial charge in [-0.05, 0) is 75.4 Å². The third-order valence-corrected chi connectivity index (χ3v) is 5.07. The van der Waals surface area contributed by atoms with Gasteiger partial charge >= 0.3 is 11.8 Å². The minimum atomic E-state index is -0.821. The molecule has 0 aromatic heterocycles. The van der Waals surface area contributed by atoms with E-state index in [0.717, 1.165) is 35.2 Å². The first kappa shape index (κ1) is 24.8. The van der Waals surface area contributed by atoms with E-state index in [2.05, 4.69) is 21.2 Å². The molecule has 1 aliphatic carbocycles. The van der Waals surface area contributed by atoms with Gasteiger partial charge in [-0.3, -0.25) is 14.4 Å². The summed E-state index contributed by atoms with van der Waals surface area (Å²) in [6.45, 7) is 7.95. The van der Waals surface area contributed by atoms with Crippen LogP contribution < -0.4 is 25.5 Å². The number of hydrogen-bond acceptors (Lipinski definition) is 6. The van der Waals surface area contributed by atoms with E-state index in [9.17, 15) is 14.4 Å². The number of nitrogens with zero attached hydrogens (tertiary/aromatic N) is 1. The number of carbonyl (C=O) groups excluding carboxylic acids is 3. The summed E-state index contributed by atoms with van der Waals surface area (Å²) in [6, 6.07) is 9.14. The molecular weight excluding hydrogens is 436 g/mol. The molecule has 0 spiro atoms. The Morgan fingerprint density at radius 3 is 2.35 bits per heavy atom. The highest BCUT2D eigenvalue weighted by molar-refractivity contribution is 6.35. The predicted molar refractivity (Wildman–Crippen MR) is 129 cm³/mol. The van der Waals surface area contributed by atoms with Crippen molar-refractivity contribution in [2.75, 3.05) is 18.5 Å². The molecule has 2 aromatic rings. The van der Waals surface area contributed by atoms with Gasteiger partial charge in [0.2, 0.25) is 0 Å². The molecule has 3 rings (SSSR count). The van der Waals surface area contributed by atoms with Gasteiger partial charge in [0.1, 0.15) is 0 Å². The van der Waals surface area contributed by atoms with Crippen LogP contribution in [0, 0.1) is 20.8 Å². The van der Waals surface area contributed by atoms with Gasteiger partial charge in [0.15, 0.2) is 18.1 Å². The molecule has 0 radical (unpaired) electrons. The smallest absolute Gasteiger partial charge is 0.329 e. The second-order valence-electron chi connectivity index (χ2n) is 8.20. The minimum absolute atomic E-state index is 0.0931. The number of aryl methyl sites for hydroxylation is 3. The van der Waals surface area contributed by atoms with E-state index in [-0.39, 0.29) is 18.6 Å². The van der Waals surface area contributed by atoms with Crippen LogP contribution in [0.4, 0.5) is 5.69 Å². The van der Waals surface area contributed by atoms with E-state index < -0.39 is 11.8 Å². The standard InChI is InChI=1S/C25H30N4O5/c1-5-33-21-12-18(13-26-29-25(32)24(31)27-19-7-8-19)6-9-20(21)34-14-22(30)28-23-16(3)10-15(2)11-17(23)4/h6,9-13,19H,5,7-8,14H2,1-4H3,(H,27,31)(H,28,30)(H,29,32)/b26-13-. The molecular formula is C25H30N4O5. The SMILES string of the molecule is CCOc1cc(/C=N\NC(=O)C(=O)NC2CC2)ccc1OCC(=O)Nc1c(C)cc(C)cc1C. The van der Waals surface area contributed by atoms with Crippen LogP contribution in [0.5, 0.6) is 11.5 Å². The molecule has 1 aliphatic rings. The summed E-state index contributed by atoms with van der Waals surface area (Å²) in [7, 11) is 0. The van der Waals surface area contributed by atoms with Gasteiger partial charge in [0.05, 0.1) is 12.8 Å². The van der Waals surface area contributed by atoms with E-state index in [1.54, 1.807) is 18.2 Å². The lowest BCUT2D eigenvalue weighted by Crippen LogP contribution is -2.38. The number of hydrogen-bond donors (Lipinski definition) is 3. The number of anilines is 1. The van der Waals surface area contributed by atoms with Crippen LogP contribution in [0.2, 0.25) is 0 Å². The van der Waals surface area contributed by atoms with Gasteiger partial charge < -0.3 is 20.1 Å². The quantitative estimate of drug-likeness (QED) is 0.298. The lowest BCUT2D eigenvalue weighted by atomic mass is 10.1. The third-order valence-electron chi connectivity index (χ3n) is 5.07. The van der Waals surface area contributed by atoms with Crippen LogP contribution in [-0.4, -0.2) is 43.2 Å². The van der Waals surface area contributed by atoms with Crippen molar-refractivity contribution >= 4 is 29.6 Å². The zero-order valence-electron chi connectivity index (χ0n) is 19.9. The first-order chi connectivity index (χ1) is 16.3. The first-order valence-electron chi connectivity index (χ1n) is 11.2. The normalized spacial score (nSPS) is 12.8. The summed E-state index contributed by atoms with van der Waals surface area (Å²) in [4.78, 5) is 35.9. The summed E-state index contributed by atoms with van der Waals surface area (Å²) >= 11 is 0. The number of carbonyl (C=O) groups is 3. The average molecular weight is 467 g/mol. The van der Waals surface area contributed by atoms with Gasteiger partial charge in [0.25, 0.3) is 5.91 Å². The van der Waals surface area contributed by atoms with Crippen LogP contribution in [-0.2, 0) is 14.4 Å². The zero-order chi connectivity index (χ0) is 24.7. The lowest BCUT2D eigenvalue weighted by molar-refractivity contribution is -0.139. The van der Waals surface area contributed by atoms with Gasteiger partial charge in [-0.2, -0.15) is 5.10 Å².